The van der Waals surface area contributed by atoms with Gasteiger partial charge in [-0.25, -0.2) is 4.39 Å². The van der Waals surface area contributed by atoms with Crippen LogP contribution in [0.15, 0.2) is 22.7 Å². The van der Waals surface area contributed by atoms with Crippen molar-refractivity contribution in [3.05, 3.63) is 34.1 Å². The van der Waals surface area contributed by atoms with Crippen molar-refractivity contribution < 1.29 is 9.13 Å². The molecule has 0 heterocycles. The molecule has 1 aromatic rings. The molecule has 0 saturated heterocycles. The Morgan fingerprint density at radius 1 is 1.38 bits per heavy atom. The maximum atomic E-state index is 13.3. The van der Waals surface area contributed by atoms with Gasteiger partial charge in [-0.3, -0.25) is 0 Å². The first-order valence-corrected chi connectivity index (χ1v) is 6.23. The van der Waals surface area contributed by atoms with Crippen molar-refractivity contribution in [2.45, 2.75) is 19.9 Å². The Morgan fingerprint density at radius 3 is 2.69 bits per heavy atom. The third-order valence-corrected chi connectivity index (χ3v) is 2.68. The van der Waals surface area contributed by atoms with Gasteiger partial charge in [-0.1, -0.05) is 22.9 Å². The molecule has 0 aromatic heterocycles. The predicted molar refractivity (Wildman–Crippen MR) is 67.0 cm³/mol. The molecule has 0 spiro atoms. The quantitative estimate of drug-likeness (QED) is 0.868. The Kier molecular flexibility index (Phi) is 5.95. The maximum Gasteiger partial charge on any atom is 0.124 e. The van der Waals surface area contributed by atoms with Crippen LogP contribution in [0.1, 0.15) is 25.5 Å². The van der Waals surface area contributed by atoms with Gasteiger partial charge in [-0.15, -0.1) is 0 Å². The molecule has 0 aliphatic carbocycles. The number of hydrogen-bond donors (Lipinski definition) is 1. The van der Waals surface area contributed by atoms with E-state index in [4.69, 9.17) is 4.74 Å². The normalized spacial score (nSPS) is 12.8. The first kappa shape index (κ1) is 13.6. The van der Waals surface area contributed by atoms with Gasteiger partial charge in [0, 0.05) is 11.1 Å². The smallest absolute Gasteiger partial charge is 0.124 e. The van der Waals surface area contributed by atoms with Crippen molar-refractivity contribution in [3.8, 4) is 0 Å². The van der Waals surface area contributed by atoms with Crippen LogP contribution in [0.3, 0.4) is 0 Å². The summed E-state index contributed by atoms with van der Waals surface area (Å²) >= 11 is 3.29. The van der Waals surface area contributed by atoms with E-state index >= 15 is 0 Å². The number of halogens is 2. The second-order valence-corrected chi connectivity index (χ2v) is 4.39. The van der Waals surface area contributed by atoms with Crippen LogP contribution in [0.5, 0.6) is 0 Å². The lowest BCUT2D eigenvalue weighted by Gasteiger charge is -2.18. The molecule has 16 heavy (non-hydrogen) atoms. The second-order valence-electron chi connectivity index (χ2n) is 3.47. The summed E-state index contributed by atoms with van der Waals surface area (Å²) in [6.07, 6.45) is 0. The van der Waals surface area contributed by atoms with Gasteiger partial charge < -0.3 is 10.1 Å². The number of nitrogens with one attached hydrogen (secondary N) is 1. The summed E-state index contributed by atoms with van der Waals surface area (Å²) < 4.78 is 19.4. The van der Waals surface area contributed by atoms with Gasteiger partial charge in [0.15, 0.2) is 0 Å². The highest BCUT2D eigenvalue weighted by Crippen LogP contribution is 2.20. The van der Waals surface area contributed by atoms with Crippen molar-refractivity contribution in [1.82, 2.24) is 5.32 Å². The molecular formula is C12H17BrFNO. The topological polar surface area (TPSA) is 21.3 Å². The summed E-state index contributed by atoms with van der Waals surface area (Å²) in [5.41, 5.74) is 0.905. The average molecular weight is 290 g/mol. The maximum absolute atomic E-state index is 13.3. The Bertz CT molecular complexity index is 313. The van der Waals surface area contributed by atoms with Crippen LogP contribution in [0.4, 0.5) is 4.39 Å². The largest absolute Gasteiger partial charge is 0.380 e. The first-order valence-electron chi connectivity index (χ1n) is 5.44. The van der Waals surface area contributed by atoms with Gasteiger partial charge in [0.05, 0.1) is 12.6 Å². The summed E-state index contributed by atoms with van der Waals surface area (Å²) in [6.45, 7) is 6.02. The molecule has 0 radical (unpaired) electrons. The minimum atomic E-state index is -0.233. The van der Waals surface area contributed by atoms with E-state index in [-0.39, 0.29) is 11.9 Å². The fourth-order valence-electron chi connectivity index (χ4n) is 1.53. The van der Waals surface area contributed by atoms with Gasteiger partial charge in [0.1, 0.15) is 5.82 Å². The summed E-state index contributed by atoms with van der Waals surface area (Å²) in [4.78, 5) is 0. The highest BCUT2D eigenvalue weighted by atomic mass is 79.9. The fraction of sp³-hybridized carbons (Fsp3) is 0.500. The van der Waals surface area contributed by atoms with Crippen LogP contribution < -0.4 is 5.32 Å². The molecule has 90 valence electrons. The summed E-state index contributed by atoms with van der Waals surface area (Å²) in [5.74, 6) is -0.233. The number of rotatable bonds is 6. The Balaban J connectivity index is 2.82. The van der Waals surface area contributed by atoms with Gasteiger partial charge >= 0.3 is 0 Å². The Labute approximate surface area is 104 Å². The number of ether oxygens (including phenoxy) is 1. The first-order chi connectivity index (χ1) is 7.67. The zero-order chi connectivity index (χ0) is 12.0. The SMILES string of the molecule is CCNC(COCC)c1cc(F)cc(Br)c1. The van der Waals surface area contributed by atoms with E-state index in [1.807, 2.05) is 19.9 Å². The number of hydrogen-bond acceptors (Lipinski definition) is 2. The lowest BCUT2D eigenvalue weighted by atomic mass is 10.1. The average Bonchev–Trinajstić information content (AvgIpc) is 2.22. The number of likely N-dealkylation sites (N-methyl/N-ethyl adjacent to an activating group) is 1. The van der Waals surface area contributed by atoms with E-state index in [0.29, 0.717) is 13.2 Å². The molecule has 0 saturated carbocycles. The minimum absolute atomic E-state index is 0.0388. The number of benzene rings is 1. The molecule has 0 fully saturated rings. The lowest BCUT2D eigenvalue weighted by Crippen LogP contribution is -2.25. The van der Waals surface area contributed by atoms with Gasteiger partial charge in [-0.2, -0.15) is 0 Å². The summed E-state index contributed by atoms with van der Waals surface area (Å²) in [5, 5.41) is 3.28. The van der Waals surface area contributed by atoms with E-state index < -0.39 is 0 Å². The molecule has 0 amide bonds. The van der Waals surface area contributed by atoms with Crippen molar-refractivity contribution in [1.29, 1.82) is 0 Å². The predicted octanol–water partition coefficient (Wildman–Crippen LogP) is 3.28. The monoisotopic (exact) mass is 289 g/mol. The zero-order valence-corrected chi connectivity index (χ0v) is 11.2. The summed E-state index contributed by atoms with van der Waals surface area (Å²) in [6, 6.07) is 4.94. The van der Waals surface area contributed by atoms with Crippen LogP contribution >= 0.6 is 15.9 Å². The Hall–Kier alpha value is -0.450. The van der Waals surface area contributed by atoms with Crippen LogP contribution in [-0.4, -0.2) is 19.8 Å². The van der Waals surface area contributed by atoms with Crippen molar-refractivity contribution in [3.63, 3.8) is 0 Å². The molecular weight excluding hydrogens is 273 g/mol. The lowest BCUT2D eigenvalue weighted by molar-refractivity contribution is 0.123. The van der Waals surface area contributed by atoms with E-state index in [0.717, 1.165) is 16.6 Å². The molecule has 1 N–H and O–H groups in total. The standard InChI is InChI=1S/C12H17BrFNO/c1-3-15-12(8-16-4-2)9-5-10(13)7-11(14)6-9/h5-7,12,15H,3-4,8H2,1-2H3. The zero-order valence-electron chi connectivity index (χ0n) is 9.59. The van der Waals surface area contributed by atoms with Gasteiger partial charge in [0.25, 0.3) is 0 Å². The highest BCUT2D eigenvalue weighted by molar-refractivity contribution is 9.10. The highest BCUT2D eigenvalue weighted by Gasteiger charge is 2.11. The van der Waals surface area contributed by atoms with E-state index in [9.17, 15) is 4.39 Å². The minimum Gasteiger partial charge on any atom is -0.380 e. The third kappa shape index (κ3) is 4.20. The third-order valence-electron chi connectivity index (χ3n) is 2.23. The van der Waals surface area contributed by atoms with Crippen molar-refractivity contribution in [2.75, 3.05) is 19.8 Å². The molecule has 1 rings (SSSR count). The van der Waals surface area contributed by atoms with E-state index in [1.54, 1.807) is 0 Å². The van der Waals surface area contributed by atoms with Crippen LogP contribution in [0.2, 0.25) is 0 Å². The molecule has 0 bridgehead atoms. The molecule has 1 atom stereocenters. The molecule has 1 aromatic carbocycles. The van der Waals surface area contributed by atoms with Gasteiger partial charge in [-0.05, 0) is 37.2 Å². The van der Waals surface area contributed by atoms with E-state index in [2.05, 4.69) is 21.2 Å². The molecule has 0 aliphatic rings. The second kappa shape index (κ2) is 6.99. The molecule has 2 nitrogen and oxygen atoms in total. The molecule has 4 heteroatoms. The summed E-state index contributed by atoms with van der Waals surface area (Å²) in [7, 11) is 0. The van der Waals surface area contributed by atoms with Crippen LogP contribution in [0.25, 0.3) is 0 Å². The van der Waals surface area contributed by atoms with Gasteiger partial charge in [0.2, 0.25) is 0 Å². The van der Waals surface area contributed by atoms with Crippen molar-refractivity contribution in [2.24, 2.45) is 0 Å². The van der Waals surface area contributed by atoms with Crippen molar-refractivity contribution >= 4 is 15.9 Å². The molecule has 1 unspecified atom stereocenters. The Morgan fingerprint density at radius 2 is 2.12 bits per heavy atom. The van der Waals surface area contributed by atoms with Crippen LogP contribution in [0, 0.1) is 5.82 Å². The van der Waals surface area contributed by atoms with E-state index in [1.165, 1.54) is 12.1 Å². The fourth-order valence-corrected chi connectivity index (χ4v) is 2.01. The van der Waals surface area contributed by atoms with Crippen LogP contribution in [-0.2, 0) is 4.74 Å². The molecule has 0 aliphatic heterocycles.